The monoisotopic (exact) mass is 502 g/mol. The van der Waals surface area contributed by atoms with Gasteiger partial charge in [-0.2, -0.15) is 4.98 Å². The first-order chi connectivity index (χ1) is 16.4. The van der Waals surface area contributed by atoms with E-state index in [1.54, 1.807) is 43.3 Å². The minimum Gasteiger partial charge on any atom is -0.465 e. The van der Waals surface area contributed by atoms with Crippen molar-refractivity contribution in [1.29, 1.82) is 0 Å². The second-order valence-electron chi connectivity index (χ2n) is 8.17. The number of benzene rings is 2. The number of hydrogen-bond acceptors (Lipinski definition) is 7. The van der Waals surface area contributed by atoms with E-state index in [2.05, 4.69) is 20.4 Å². The van der Waals surface area contributed by atoms with Crippen LogP contribution >= 0.6 is 23.2 Å². The highest BCUT2D eigenvalue weighted by Crippen LogP contribution is 2.29. The first kappa shape index (κ1) is 24.2. The number of methoxy groups -OCH3 is 1. The van der Waals surface area contributed by atoms with Crippen LogP contribution in [0, 0.1) is 12.8 Å². The number of carbonyl (C=O) groups excluding carboxylic acids is 2. The zero-order chi connectivity index (χ0) is 24.2. The molecule has 34 heavy (non-hydrogen) atoms. The molecule has 1 unspecified atom stereocenters. The summed E-state index contributed by atoms with van der Waals surface area (Å²) in [5.74, 6) is 0.112. The third-order valence-electron chi connectivity index (χ3n) is 5.87. The van der Waals surface area contributed by atoms with E-state index in [-0.39, 0.29) is 11.8 Å². The number of esters is 1. The highest BCUT2D eigenvalue weighted by molar-refractivity contribution is 6.36. The molecule has 2 aromatic carbocycles. The molecule has 1 N–H and O–H groups in total. The SMILES string of the molecule is COC(=O)c1cccc(NC(=O)C2CCCN(Cc3nc(-c4ccc(Cl)cc4Cl)no3)C2)c1C. The molecule has 1 aromatic heterocycles. The number of aromatic nitrogens is 2. The Morgan fingerprint density at radius 1 is 1.26 bits per heavy atom. The molecule has 4 rings (SSSR count). The van der Waals surface area contributed by atoms with E-state index in [9.17, 15) is 9.59 Å². The van der Waals surface area contributed by atoms with Gasteiger partial charge in [0.15, 0.2) is 0 Å². The number of amides is 1. The van der Waals surface area contributed by atoms with Gasteiger partial charge in [0.05, 0.1) is 30.2 Å². The maximum atomic E-state index is 13.0. The number of likely N-dealkylation sites (tertiary alicyclic amines) is 1. The maximum Gasteiger partial charge on any atom is 0.338 e. The Hall–Kier alpha value is -2.94. The molecule has 1 aliphatic heterocycles. The fraction of sp³-hybridized carbons (Fsp3) is 0.333. The van der Waals surface area contributed by atoms with Gasteiger partial charge in [-0.25, -0.2) is 4.79 Å². The first-order valence-electron chi connectivity index (χ1n) is 10.8. The summed E-state index contributed by atoms with van der Waals surface area (Å²) in [5.41, 5.74) is 2.35. The Kier molecular flexibility index (Phi) is 7.50. The third kappa shape index (κ3) is 5.41. The zero-order valence-corrected chi connectivity index (χ0v) is 20.3. The molecule has 0 spiro atoms. The molecule has 0 bridgehead atoms. The molecule has 2 heterocycles. The number of nitrogens with zero attached hydrogens (tertiary/aromatic N) is 3. The molecular weight excluding hydrogens is 479 g/mol. The smallest absolute Gasteiger partial charge is 0.338 e. The molecule has 178 valence electrons. The van der Waals surface area contributed by atoms with E-state index in [1.165, 1.54) is 7.11 Å². The molecule has 0 radical (unpaired) electrons. The molecule has 0 aliphatic carbocycles. The molecule has 1 amide bonds. The highest BCUT2D eigenvalue weighted by Gasteiger charge is 2.28. The van der Waals surface area contributed by atoms with E-state index in [4.69, 9.17) is 32.5 Å². The molecule has 1 saturated heterocycles. The predicted octanol–water partition coefficient (Wildman–Crippen LogP) is 4.99. The van der Waals surface area contributed by atoms with Crippen LogP contribution in [0.15, 0.2) is 40.9 Å². The van der Waals surface area contributed by atoms with Crippen LogP contribution in [-0.4, -0.2) is 47.1 Å². The quantitative estimate of drug-likeness (QED) is 0.474. The van der Waals surface area contributed by atoms with E-state index in [1.807, 2.05) is 0 Å². The number of hydrogen-bond donors (Lipinski definition) is 1. The van der Waals surface area contributed by atoms with Crippen molar-refractivity contribution in [1.82, 2.24) is 15.0 Å². The number of ether oxygens (including phenoxy) is 1. The molecule has 3 aromatic rings. The largest absolute Gasteiger partial charge is 0.465 e. The van der Waals surface area contributed by atoms with Crippen molar-refractivity contribution >= 4 is 40.8 Å². The summed E-state index contributed by atoms with van der Waals surface area (Å²) in [6, 6.07) is 10.3. The molecular formula is C24H24Cl2N4O4. The standard InChI is InChI=1S/C24H24Cl2N4O4/c1-14-17(24(32)33-2)6-3-7-20(14)27-23(31)15-5-4-10-30(12-15)13-21-28-22(29-34-21)18-9-8-16(25)11-19(18)26/h3,6-9,11,15H,4-5,10,12-13H2,1-2H3,(H,27,31). The van der Waals surface area contributed by atoms with E-state index in [0.29, 0.717) is 57.2 Å². The predicted molar refractivity (Wildman–Crippen MR) is 129 cm³/mol. The lowest BCUT2D eigenvalue weighted by Crippen LogP contribution is -2.40. The summed E-state index contributed by atoms with van der Waals surface area (Å²) >= 11 is 12.2. The van der Waals surface area contributed by atoms with Gasteiger partial charge in [-0.05, 0) is 62.2 Å². The maximum absolute atomic E-state index is 13.0. The molecule has 8 nitrogen and oxygen atoms in total. The van der Waals surface area contributed by atoms with Crippen molar-refractivity contribution in [2.75, 3.05) is 25.5 Å². The number of piperidine rings is 1. The van der Waals surface area contributed by atoms with Gasteiger partial charge in [0.1, 0.15) is 0 Å². The van der Waals surface area contributed by atoms with E-state index in [0.717, 1.165) is 19.4 Å². The summed E-state index contributed by atoms with van der Waals surface area (Å²) in [6.45, 7) is 3.59. The zero-order valence-electron chi connectivity index (χ0n) is 18.8. The van der Waals surface area contributed by atoms with Crippen LogP contribution in [0.25, 0.3) is 11.4 Å². The molecule has 10 heteroatoms. The number of halogens is 2. The van der Waals surface area contributed by atoms with Crippen LogP contribution in [-0.2, 0) is 16.1 Å². The minimum atomic E-state index is -0.434. The van der Waals surface area contributed by atoms with Gasteiger partial charge in [-0.15, -0.1) is 0 Å². The van der Waals surface area contributed by atoms with Crippen molar-refractivity contribution in [2.45, 2.75) is 26.3 Å². The second kappa shape index (κ2) is 10.5. The lowest BCUT2D eigenvalue weighted by atomic mass is 9.96. The van der Waals surface area contributed by atoms with Gasteiger partial charge in [0, 0.05) is 22.8 Å². The normalized spacial score (nSPS) is 16.3. The Morgan fingerprint density at radius 2 is 2.09 bits per heavy atom. The van der Waals surface area contributed by atoms with Gasteiger partial charge in [-0.3, -0.25) is 9.69 Å². The van der Waals surface area contributed by atoms with Crippen LogP contribution in [0.4, 0.5) is 5.69 Å². The Morgan fingerprint density at radius 3 is 2.85 bits per heavy atom. The van der Waals surface area contributed by atoms with Crippen molar-refractivity contribution in [3.05, 3.63) is 63.5 Å². The Balaban J connectivity index is 1.40. The van der Waals surface area contributed by atoms with Crippen LogP contribution in [0.2, 0.25) is 10.0 Å². The minimum absolute atomic E-state index is 0.0889. The number of nitrogens with one attached hydrogen (secondary N) is 1. The van der Waals surface area contributed by atoms with Crippen molar-refractivity contribution in [3.63, 3.8) is 0 Å². The second-order valence-corrected chi connectivity index (χ2v) is 9.01. The van der Waals surface area contributed by atoms with Crippen LogP contribution in [0.1, 0.15) is 34.7 Å². The van der Waals surface area contributed by atoms with E-state index < -0.39 is 5.97 Å². The summed E-state index contributed by atoms with van der Waals surface area (Å²) in [7, 11) is 1.33. The fourth-order valence-corrected chi connectivity index (χ4v) is 4.53. The van der Waals surface area contributed by atoms with Crippen LogP contribution in [0.3, 0.4) is 0 Å². The summed E-state index contributed by atoms with van der Waals surface area (Å²) in [4.78, 5) is 31.5. The number of anilines is 1. The summed E-state index contributed by atoms with van der Waals surface area (Å²) in [6.07, 6.45) is 1.64. The lowest BCUT2D eigenvalue weighted by Gasteiger charge is -2.31. The third-order valence-corrected chi connectivity index (χ3v) is 6.42. The number of carbonyl (C=O) groups is 2. The van der Waals surface area contributed by atoms with Crippen molar-refractivity contribution in [3.8, 4) is 11.4 Å². The van der Waals surface area contributed by atoms with Crippen molar-refractivity contribution in [2.24, 2.45) is 5.92 Å². The molecule has 1 fully saturated rings. The van der Waals surface area contributed by atoms with E-state index >= 15 is 0 Å². The topological polar surface area (TPSA) is 97.6 Å². The average Bonchev–Trinajstić information content (AvgIpc) is 3.28. The highest BCUT2D eigenvalue weighted by atomic mass is 35.5. The van der Waals surface area contributed by atoms with Gasteiger partial charge >= 0.3 is 5.97 Å². The number of rotatable bonds is 6. The summed E-state index contributed by atoms with van der Waals surface area (Å²) < 4.78 is 10.2. The lowest BCUT2D eigenvalue weighted by molar-refractivity contribution is -0.121. The Labute approximate surface area is 207 Å². The molecule has 1 aliphatic rings. The van der Waals surface area contributed by atoms with Crippen molar-refractivity contribution < 1.29 is 18.8 Å². The van der Waals surface area contributed by atoms with Crippen LogP contribution in [0.5, 0.6) is 0 Å². The average molecular weight is 503 g/mol. The van der Waals surface area contributed by atoms with Gasteiger partial charge in [-0.1, -0.05) is 34.4 Å². The molecule has 1 atom stereocenters. The van der Waals surface area contributed by atoms with Crippen LogP contribution < -0.4 is 5.32 Å². The van der Waals surface area contributed by atoms with Gasteiger partial charge in [0.2, 0.25) is 17.6 Å². The summed E-state index contributed by atoms with van der Waals surface area (Å²) in [5, 5.41) is 7.98. The first-order valence-corrected chi connectivity index (χ1v) is 11.6. The fourth-order valence-electron chi connectivity index (χ4n) is 4.04. The molecule has 0 saturated carbocycles. The Bertz CT molecular complexity index is 1210. The van der Waals surface area contributed by atoms with Gasteiger partial charge in [0.25, 0.3) is 0 Å². The van der Waals surface area contributed by atoms with Gasteiger partial charge < -0.3 is 14.6 Å².